The first kappa shape index (κ1) is 77.3. The first-order valence-corrected chi connectivity index (χ1v) is 33.8. The van der Waals surface area contributed by atoms with Crippen molar-refractivity contribution in [3.05, 3.63) is 146 Å². The van der Waals surface area contributed by atoms with E-state index in [1.165, 1.54) is 96.3 Å². The summed E-state index contributed by atoms with van der Waals surface area (Å²) in [5.74, 6) is -0.926. The minimum atomic E-state index is -0.799. The smallest absolute Gasteiger partial charge is 0.306 e. The Morgan fingerprint density at radius 1 is 0.256 bits per heavy atom. The van der Waals surface area contributed by atoms with Crippen LogP contribution in [0.15, 0.2) is 146 Å². The molecule has 1 atom stereocenters. The molecule has 0 aromatic heterocycles. The Labute approximate surface area is 506 Å². The van der Waals surface area contributed by atoms with Gasteiger partial charge < -0.3 is 14.2 Å². The number of esters is 3. The van der Waals surface area contributed by atoms with Crippen molar-refractivity contribution < 1.29 is 28.6 Å². The lowest BCUT2D eigenvalue weighted by Crippen LogP contribution is -2.30. The minimum absolute atomic E-state index is 0.0944. The summed E-state index contributed by atoms with van der Waals surface area (Å²) >= 11 is 0. The number of carbonyl (C=O) groups excluding carboxylic acids is 3. The van der Waals surface area contributed by atoms with Crippen LogP contribution in [0.1, 0.15) is 297 Å². The second-order valence-electron chi connectivity index (χ2n) is 22.0. The second-order valence-corrected chi connectivity index (χ2v) is 22.0. The molecule has 0 radical (unpaired) electrons. The number of hydrogen-bond donors (Lipinski definition) is 0. The molecule has 0 aliphatic heterocycles. The summed E-state index contributed by atoms with van der Waals surface area (Å²) in [7, 11) is 0. The van der Waals surface area contributed by atoms with Gasteiger partial charge in [-0.3, -0.25) is 14.4 Å². The van der Waals surface area contributed by atoms with Gasteiger partial charge in [0.2, 0.25) is 0 Å². The zero-order valence-corrected chi connectivity index (χ0v) is 53.2. The molecule has 0 saturated carbocycles. The molecule has 0 amide bonds. The molecule has 464 valence electrons. The third kappa shape index (κ3) is 66.1. The molecular formula is C76H124O6. The highest BCUT2D eigenvalue weighted by Gasteiger charge is 2.19. The van der Waals surface area contributed by atoms with E-state index in [4.69, 9.17) is 14.2 Å². The highest BCUT2D eigenvalue weighted by molar-refractivity contribution is 5.71. The monoisotopic (exact) mass is 1130 g/mol. The van der Waals surface area contributed by atoms with Gasteiger partial charge in [0.15, 0.2) is 6.10 Å². The lowest BCUT2D eigenvalue weighted by Gasteiger charge is -2.18. The molecule has 0 saturated heterocycles. The lowest BCUT2D eigenvalue weighted by atomic mass is 10.1. The first-order chi connectivity index (χ1) is 40.5. The Kier molecular flexibility index (Phi) is 64.8. The summed E-state index contributed by atoms with van der Waals surface area (Å²) in [6, 6.07) is 0. The number of carbonyl (C=O) groups is 3. The van der Waals surface area contributed by atoms with Crippen molar-refractivity contribution in [1.29, 1.82) is 0 Å². The van der Waals surface area contributed by atoms with Gasteiger partial charge in [-0.2, -0.15) is 0 Å². The topological polar surface area (TPSA) is 78.9 Å². The fourth-order valence-corrected chi connectivity index (χ4v) is 8.99. The van der Waals surface area contributed by atoms with Gasteiger partial charge in [0.25, 0.3) is 0 Å². The SMILES string of the molecule is CC/C=C\C/C=C\C/C=C\C/C=C\C/C=C\C/C=C\C/C=C\C/C=C\C/C=C\CCCCCCCCCC(=O)OCC(COC(=O)CCCCCCC/C=C\CCCCCC)OC(=O)CCCCCCC/C=C\C/C=C\CCCCCC. The Balaban J connectivity index is 4.30. The molecule has 0 aliphatic carbocycles. The van der Waals surface area contributed by atoms with Crippen LogP contribution in [0.5, 0.6) is 0 Å². The molecule has 0 bridgehead atoms. The Bertz CT molecular complexity index is 1780. The summed E-state index contributed by atoms with van der Waals surface area (Å²) in [6.45, 7) is 6.47. The summed E-state index contributed by atoms with van der Waals surface area (Å²) in [5.41, 5.74) is 0. The Morgan fingerprint density at radius 2 is 0.476 bits per heavy atom. The molecule has 0 N–H and O–H groups in total. The maximum absolute atomic E-state index is 12.9. The van der Waals surface area contributed by atoms with Gasteiger partial charge in [-0.1, -0.05) is 276 Å². The molecule has 0 aromatic rings. The number of allylic oxidation sites excluding steroid dienone is 24. The van der Waals surface area contributed by atoms with Gasteiger partial charge in [-0.15, -0.1) is 0 Å². The van der Waals surface area contributed by atoms with E-state index in [-0.39, 0.29) is 31.1 Å². The number of hydrogen-bond acceptors (Lipinski definition) is 6. The minimum Gasteiger partial charge on any atom is -0.462 e. The predicted octanol–water partition coefficient (Wildman–Crippen LogP) is 23.5. The highest BCUT2D eigenvalue weighted by atomic mass is 16.6. The third-order valence-corrected chi connectivity index (χ3v) is 14.0. The summed E-state index contributed by atoms with van der Waals surface area (Å²) in [5, 5.41) is 0. The summed E-state index contributed by atoms with van der Waals surface area (Å²) in [4.78, 5) is 38.3. The standard InChI is InChI=1S/C76H124O6/c1-4-7-10-13-16-19-22-25-27-29-30-31-32-33-34-35-36-37-38-39-40-41-42-43-44-45-46-47-49-51-54-57-60-63-66-69-75(78)81-72-73(71-80-74(77)68-65-62-59-56-53-50-24-21-18-15-12-9-6-3)82-76(79)70-67-64-61-58-55-52-48-28-26-23-20-17-14-11-8-5-2/h7,10,16,19-21,23-25,27-28,30-31,33-34,36-37,39-40,42-43,45-46,48,73H,4-6,8-9,11-15,17-18,22,26,29,32,35,38,41,44,47,49-72H2,1-3H3/b10-7-,19-16-,23-20-,24-21-,27-25-,31-30-,34-33-,37-36-,40-39-,43-42-,46-45-,48-28-. The Hall–Kier alpha value is -4.71. The van der Waals surface area contributed by atoms with Crippen LogP contribution in [0.3, 0.4) is 0 Å². The van der Waals surface area contributed by atoms with Gasteiger partial charge in [0.1, 0.15) is 13.2 Å². The fourth-order valence-electron chi connectivity index (χ4n) is 8.99. The molecule has 6 nitrogen and oxygen atoms in total. The van der Waals surface area contributed by atoms with E-state index in [1.807, 2.05) is 0 Å². The van der Waals surface area contributed by atoms with E-state index in [2.05, 4.69) is 167 Å². The number of ether oxygens (including phenoxy) is 3. The van der Waals surface area contributed by atoms with Gasteiger partial charge in [-0.05, 0) is 148 Å². The van der Waals surface area contributed by atoms with Crippen molar-refractivity contribution in [2.24, 2.45) is 0 Å². The van der Waals surface area contributed by atoms with Crippen LogP contribution in [0.25, 0.3) is 0 Å². The van der Waals surface area contributed by atoms with Gasteiger partial charge >= 0.3 is 17.9 Å². The Morgan fingerprint density at radius 3 is 0.756 bits per heavy atom. The quantitative estimate of drug-likeness (QED) is 0.0261. The van der Waals surface area contributed by atoms with Crippen molar-refractivity contribution in [2.45, 2.75) is 303 Å². The van der Waals surface area contributed by atoms with E-state index in [0.717, 1.165) is 161 Å². The van der Waals surface area contributed by atoms with Crippen LogP contribution < -0.4 is 0 Å². The zero-order chi connectivity index (χ0) is 59.2. The van der Waals surface area contributed by atoms with Gasteiger partial charge in [0, 0.05) is 19.3 Å². The number of rotatable bonds is 60. The highest BCUT2D eigenvalue weighted by Crippen LogP contribution is 2.15. The van der Waals surface area contributed by atoms with Crippen molar-refractivity contribution in [3.8, 4) is 0 Å². The molecule has 0 rings (SSSR count). The zero-order valence-electron chi connectivity index (χ0n) is 53.2. The molecule has 82 heavy (non-hydrogen) atoms. The molecule has 0 aromatic carbocycles. The predicted molar refractivity (Wildman–Crippen MR) is 357 cm³/mol. The van der Waals surface area contributed by atoms with Gasteiger partial charge in [-0.25, -0.2) is 0 Å². The average Bonchev–Trinajstić information content (AvgIpc) is 3.47. The van der Waals surface area contributed by atoms with Crippen molar-refractivity contribution in [1.82, 2.24) is 0 Å². The van der Waals surface area contributed by atoms with E-state index < -0.39 is 6.10 Å². The van der Waals surface area contributed by atoms with E-state index in [0.29, 0.717) is 19.3 Å². The lowest BCUT2D eigenvalue weighted by molar-refractivity contribution is -0.167. The van der Waals surface area contributed by atoms with Gasteiger partial charge in [0.05, 0.1) is 0 Å². The second kappa shape index (κ2) is 68.8. The van der Waals surface area contributed by atoms with Crippen LogP contribution in [0.2, 0.25) is 0 Å². The molecule has 0 heterocycles. The van der Waals surface area contributed by atoms with Crippen molar-refractivity contribution in [2.75, 3.05) is 13.2 Å². The number of unbranched alkanes of at least 4 members (excludes halogenated alkanes) is 25. The fraction of sp³-hybridized carbons (Fsp3) is 0.645. The van der Waals surface area contributed by atoms with E-state index in [1.54, 1.807) is 0 Å². The molecular weight excluding hydrogens is 1010 g/mol. The van der Waals surface area contributed by atoms with Crippen LogP contribution in [0, 0.1) is 0 Å². The third-order valence-electron chi connectivity index (χ3n) is 14.0. The normalized spacial score (nSPS) is 13.1. The first-order valence-electron chi connectivity index (χ1n) is 33.8. The molecule has 0 fully saturated rings. The largest absolute Gasteiger partial charge is 0.462 e. The summed E-state index contributed by atoms with van der Waals surface area (Å²) < 4.78 is 16.9. The molecule has 1 unspecified atom stereocenters. The van der Waals surface area contributed by atoms with Crippen LogP contribution >= 0.6 is 0 Å². The van der Waals surface area contributed by atoms with Crippen LogP contribution in [-0.4, -0.2) is 37.2 Å². The average molecular weight is 1130 g/mol. The molecule has 6 heteroatoms. The van der Waals surface area contributed by atoms with Crippen molar-refractivity contribution >= 4 is 17.9 Å². The van der Waals surface area contributed by atoms with Crippen LogP contribution in [0.4, 0.5) is 0 Å². The molecule has 0 spiro atoms. The summed E-state index contributed by atoms with van der Waals surface area (Å²) in [6.07, 6.45) is 98.6. The van der Waals surface area contributed by atoms with Crippen LogP contribution in [-0.2, 0) is 28.6 Å². The van der Waals surface area contributed by atoms with E-state index in [9.17, 15) is 14.4 Å². The molecule has 0 aliphatic rings. The maximum atomic E-state index is 12.9. The van der Waals surface area contributed by atoms with E-state index >= 15 is 0 Å². The van der Waals surface area contributed by atoms with Crippen molar-refractivity contribution in [3.63, 3.8) is 0 Å². The maximum Gasteiger partial charge on any atom is 0.306 e.